The molecule has 0 spiro atoms. The molecular formula is C16H14N2O3. The van der Waals surface area contributed by atoms with Gasteiger partial charge in [0.25, 0.3) is 0 Å². The molecule has 5 nitrogen and oxygen atoms in total. The summed E-state index contributed by atoms with van der Waals surface area (Å²) in [5.74, 6) is -1.02. The fraction of sp³-hybridized carbons (Fsp3) is 0.125. The van der Waals surface area contributed by atoms with Crippen molar-refractivity contribution in [3.05, 3.63) is 63.6 Å². The van der Waals surface area contributed by atoms with Crippen LogP contribution in [0.4, 0.5) is 0 Å². The van der Waals surface area contributed by atoms with E-state index in [9.17, 15) is 9.59 Å². The molecule has 1 aromatic heterocycles. The van der Waals surface area contributed by atoms with Crippen LogP contribution in [0.5, 0.6) is 0 Å². The maximum absolute atomic E-state index is 12.2. The van der Waals surface area contributed by atoms with Crippen LogP contribution in [0.25, 0.3) is 16.7 Å². The molecule has 0 atom stereocenters. The van der Waals surface area contributed by atoms with E-state index in [1.54, 1.807) is 10.6 Å². The first-order valence-corrected chi connectivity index (χ1v) is 6.52. The Hall–Kier alpha value is -2.82. The molecule has 21 heavy (non-hydrogen) atoms. The summed E-state index contributed by atoms with van der Waals surface area (Å²) in [6, 6.07) is 10.5. The van der Waals surface area contributed by atoms with Gasteiger partial charge in [0.15, 0.2) is 0 Å². The number of carboxylic acid groups (broad SMARTS) is 1. The Morgan fingerprint density at radius 1 is 1.10 bits per heavy atom. The number of nitrogens with zero attached hydrogens (tertiary/aromatic N) is 1. The molecule has 3 rings (SSSR count). The van der Waals surface area contributed by atoms with Gasteiger partial charge in [-0.05, 0) is 55.3 Å². The van der Waals surface area contributed by atoms with Gasteiger partial charge in [0.2, 0.25) is 0 Å². The van der Waals surface area contributed by atoms with Crippen molar-refractivity contribution in [2.24, 2.45) is 0 Å². The number of hydrogen-bond acceptors (Lipinski definition) is 2. The molecule has 0 unspecified atom stereocenters. The number of H-pyrrole nitrogens is 1. The number of nitrogens with one attached hydrogen (secondary N) is 1. The normalized spacial score (nSPS) is 11.0. The van der Waals surface area contributed by atoms with E-state index in [2.05, 4.69) is 4.98 Å². The van der Waals surface area contributed by atoms with Gasteiger partial charge >= 0.3 is 11.7 Å². The average molecular weight is 282 g/mol. The van der Waals surface area contributed by atoms with Gasteiger partial charge in [-0.2, -0.15) is 0 Å². The van der Waals surface area contributed by atoms with Crippen molar-refractivity contribution in [3.8, 4) is 5.69 Å². The number of aryl methyl sites for hydroxylation is 2. The van der Waals surface area contributed by atoms with E-state index < -0.39 is 5.97 Å². The average Bonchev–Trinajstić information content (AvgIpc) is 2.72. The summed E-state index contributed by atoms with van der Waals surface area (Å²) in [4.78, 5) is 25.9. The molecule has 0 aliphatic rings. The predicted octanol–water partition coefficient (Wildman–Crippen LogP) is 2.63. The van der Waals surface area contributed by atoms with E-state index in [0.717, 1.165) is 16.8 Å². The minimum atomic E-state index is -1.02. The Balaban J connectivity index is 2.30. The van der Waals surface area contributed by atoms with Gasteiger partial charge in [-0.15, -0.1) is 0 Å². The largest absolute Gasteiger partial charge is 0.478 e. The van der Waals surface area contributed by atoms with Crippen LogP contribution >= 0.6 is 0 Å². The van der Waals surface area contributed by atoms with Crippen LogP contribution < -0.4 is 5.69 Å². The number of benzene rings is 2. The van der Waals surface area contributed by atoms with Gasteiger partial charge in [0.1, 0.15) is 0 Å². The van der Waals surface area contributed by atoms with Crippen molar-refractivity contribution >= 4 is 17.0 Å². The number of carbonyl (C=O) groups is 1. The van der Waals surface area contributed by atoms with Crippen molar-refractivity contribution in [2.75, 3.05) is 0 Å². The molecule has 2 N–H and O–H groups in total. The highest BCUT2D eigenvalue weighted by molar-refractivity contribution is 5.92. The second kappa shape index (κ2) is 4.63. The van der Waals surface area contributed by atoms with Gasteiger partial charge < -0.3 is 10.1 Å². The predicted molar refractivity (Wildman–Crippen MR) is 80.3 cm³/mol. The van der Waals surface area contributed by atoms with Crippen LogP contribution in [-0.4, -0.2) is 20.6 Å². The van der Waals surface area contributed by atoms with Crippen LogP contribution in [0.3, 0.4) is 0 Å². The number of aromatic nitrogens is 2. The van der Waals surface area contributed by atoms with Crippen molar-refractivity contribution < 1.29 is 9.90 Å². The first-order valence-electron chi connectivity index (χ1n) is 6.52. The van der Waals surface area contributed by atoms with Gasteiger partial charge in [0.05, 0.1) is 22.3 Å². The van der Waals surface area contributed by atoms with Crippen molar-refractivity contribution in [2.45, 2.75) is 13.8 Å². The molecule has 2 aromatic carbocycles. The lowest BCUT2D eigenvalue weighted by Crippen LogP contribution is -2.14. The Kier molecular flexibility index (Phi) is 2.90. The highest BCUT2D eigenvalue weighted by Gasteiger charge is 2.12. The Bertz CT molecular complexity index is 899. The summed E-state index contributed by atoms with van der Waals surface area (Å²) in [6.45, 7) is 3.94. The van der Waals surface area contributed by atoms with Gasteiger partial charge in [-0.3, -0.25) is 4.57 Å². The summed E-state index contributed by atoms with van der Waals surface area (Å²) in [6.07, 6.45) is 0. The lowest BCUT2D eigenvalue weighted by atomic mass is 10.1. The Labute approximate surface area is 120 Å². The number of imidazole rings is 1. The molecule has 1 heterocycles. The van der Waals surface area contributed by atoms with Gasteiger partial charge in [-0.25, -0.2) is 9.59 Å². The molecule has 0 bridgehead atoms. The van der Waals surface area contributed by atoms with Gasteiger partial charge in [-0.1, -0.05) is 6.07 Å². The lowest BCUT2D eigenvalue weighted by Gasteiger charge is -2.06. The highest BCUT2D eigenvalue weighted by Crippen LogP contribution is 2.19. The number of hydrogen-bond donors (Lipinski definition) is 2. The number of aromatic carboxylic acids is 1. The molecule has 0 radical (unpaired) electrons. The topological polar surface area (TPSA) is 75.1 Å². The molecule has 0 saturated carbocycles. The van der Waals surface area contributed by atoms with E-state index >= 15 is 0 Å². The summed E-state index contributed by atoms with van der Waals surface area (Å²) in [5.41, 5.74) is 3.94. The molecule has 3 aromatic rings. The molecule has 0 aliphatic heterocycles. The van der Waals surface area contributed by atoms with Crippen molar-refractivity contribution in [1.29, 1.82) is 0 Å². The zero-order valence-corrected chi connectivity index (χ0v) is 11.7. The van der Waals surface area contributed by atoms with Crippen molar-refractivity contribution in [3.63, 3.8) is 0 Å². The molecule has 106 valence electrons. The summed E-state index contributed by atoms with van der Waals surface area (Å²) in [7, 11) is 0. The van der Waals surface area contributed by atoms with Gasteiger partial charge in [0, 0.05) is 0 Å². The molecule has 5 heteroatoms. The number of carboxylic acids is 1. The third-order valence-corrected chi connectivity index (χ3v) is 3.39. The third-order valence-electron chi connectivity index (χ3n) is 3.39. The SMILES string of the molecule is Cc1cc(C)cc(-n2c(=O)[nH]c3cc(C(=O)O)ccc32)c1. The molecule has 0 saturated heterocycles. The minimum Gasteiger partial charge on any atom is -0.478 e. The fourth-order valence-electron chi connectivity index (χ4n) is 2.58. The number of rotatable bonds is 2. The standard InChI is InChI=1S/C16H14N2O3/c1-9-5-10(2)7-12(6-9)18-14-4-3-11(15(19)20)8-13(14)17-16(18)21/h3-8H,1-2H3,(H,17,21)(H,19,20). The molecular weight excluding hydrogens is 268 g/mol. The van der Waals surface area contributed by atoms with E-state index in [-0.39, 0.29) is 11.3 Å². The van der Waals surface area contributed by atoms with E-state index in [1.165, 1.54) is 12.1 Å². The van der Waals surface area contributed by atoms with Crippen LogP contribution in [-0.2, 0) is 0 Å². The number of aromatic amines is 1. The summed E-state index contributed by atoms with van der Waals surface area (Å²) >= 11 is 0. The van der Waals surface area contributed by atoms with E-state index in [4.69, 9.17) is 5.11 Å². The zero-order valence-electron chi connectivity index (χ0n) is 11.7. The number of fused-ring (bicyclic) bond motifs is 1. The Morgan fingerprint density at radius 3 is 2.38 bits per heavy atom. The monoisotopic (exact) mass is 282 g/mol. The highest BCUT2D eigenvalue weighted by atomic mass is 16.4. The van der Waals surface area contributed by atoms with Crippen LogP contribution in [0.1, 0.15) is 21.5 Å². The molecule has 0 amide bonds. The second-order valence-electron chi connectivity index (χ2n) is 5.15. The quantitative estimate of drug-likeness (QED) is 0.758. The maximum atomic E-state index is 12.2. The zero-order chi connectivity index (χ0) is 15.1. The van der Waals surface area contributed by atoms with Crippen LogP contribution in [0.15, 0.2) is 41.2 Å². The third kappa shape index (κ3) is 2.23. The maximum Gasteiger partial charge on any atom is 0.335 e. The first-order chi connectivity index (χ1) is 9.95. The summed E-state index contributed by atoms with van der Waals surface area (Å²) in [5, 5.41) is 9.01. The molecule has 0 aliphatic carbocycles. The Morgan fingerprint density at radius 2 is 1.76 bits per heavy atom. The molecule has 0 fully saturated rings. The smallest absolute Gasteiger partial charge is 0.335 e. The second-order valence-corrected chi connectivity index (χ2v) is 5.15. The van der Waals surface area contributed by atoms with Crippen LogP contribution in [0, 0.1) is 13.8 Å². The summed E-state index contributed by atoms with van der Waals surface area (Å²) < 4.78 is 1.56. The first kappa shape index (κ1) is 13.2. The minimum absolute atomic E-state index is 0.149. The van der Waals surface area contributed by atoms with Crippen LogP contribution in [0.2, 0.25) is 0 Å². The van der Waals surface area contributed by atoms with E-state index in [1.807, 2.05) is 32.0 Å². The van der Waals surface area contributed by atoms with E-state index in [0.29, 0.717) is 11.0 Å². The fourth-order valence-corrected chi connectivity index (χ4v) is 2.58. The van der Waals surface area contributed by atoms with Crippen molar-refractivity contribution in [1.82, 2.24) is 9.55 Å². The lowest BCUT2D eigenvalue weighted by molar-refractivity contribution is 0.0697.